The number of hydrogen-bond donors (Lipinski definition) is 3. The van der Waals surface area contributed by atoms with Gasteiger partial charge in [-0.05, 0) is 11.1 Å². The minimum absolute atomic E-state index is 0.602. The third-order valence-corrected chi connectivity index (χ3v) is 4.58. The Morgan fingerprint density at radius 2 is 1.56 bits per heavy atom. The molecule has 0 spiro atoms. The molecule has 3 N–H and O–H groups in total. The fourth-order valence-electron chi connectivity index (χ4n) is 3.24. The Labute approximate surface area is 155 Å². The van der Waals surface area contributed by atoms with Crippen LogP contribution in [0.4, 0.5) is 0 Å². The van der Waals surface area contributed by atoms with E-state index in [1.807, 2.05) is 60.7 Å². The third-order valence-electron chi connectivity index (χ3n) is 4.58. The Kier molecular flexibility index (Phi) is 6.15. The van der Waals surface area contributed by atoms with Crippen molar-refractivity contribution in [3.8, 4) is 0 Å². The highest BCUT2D eigenvalue weighted by Crippen LogP contribution is 2.33. The van der Waals surface area contributed by atoms with Crippen LogP contribution in [0.15, 0.2) is 60.7 Å². The molecular weight excluding hydrogens is 354 g/mol. The molecule has 0 bridgehead atoms. The number of aliphatic hydroxyl groups is 3. The van der Waals surface area contributed by atoms with Crippen molar-refractivity contribution in [3.05, 3.63) is 81.9 Å². The van der Waals surface area contributed by atoms with E-state index in [0.717, 1.165) is 11.1 Å². The van der Waals surface area contributed by atoms with Gasteiger partial charge in [0.25, 0.3) is 6.04 Å². The first-order valence-electron chi connectivity index (χ1n) is 8.54. The molecule has 1 aliphatic rings. The standard InChI is InChI=1S/C19H21NO7/c21-11-14-18(15(20(24)25)16(22)19(23)26-14)27-17(12-7-3-1-4-8-12)13-9-5-2-6-10-13/h1-10,14-19,21-23H,11H2/t14?,15?,16?,18-,19-/m0/s1. The van der Waals surface area contributed by atoms with Crippen LogP contribution in [-0.4, -0.2) is 57.5 Å². The van der Waals surface area contributed by atoms with Gasteiger partial charge in [-0.15, -0.1) is 0 Å². The van der Waals surface area contributed by atoms with E-state index in [9.17, 15) is 25.4 Å². The van der Waals surface area contributed by atoms with Crippen LogP contribution in [0, 0.1) is 10.1 Å². The van der Waals surface area contributed by atoms with E-state index in [1.54, 1.807) is 0 Å². The zero-order valence-electron chi connectivity index (χ0n) is 14.4. The molecule has 0 amide bonds. The first kappa shape index (κ1) is 19.4. The summed E-state index contributed by atoms with van der Waals surface area (Å²) in [5, 5.41) is 41.0. The quantitative estimate of drug-likeness (QED) is 0.506. The highest BCUT2D eigenvalue weighted by molar-refractivity contribution is 5.30. The molecule has 0 radical (unpaired) electrons. The Balaban J connectivity index is 1.98. The summed E-state index contributed by atoms with van der Waals surface area (Å²) in [7, 11) is 0. The molecule has 1 aliphatic heterocycles. The molecule has 3 rings (SSSR count). The summed E-state index contributed by atoms with van der Waals surface area (Å²) < 4.78 is 11.2. The van der Waals surface area contributed by atoms with Crippen LogP contribution in [0.25, 0.3) is 0 Å². The van der Waals surface area contributed by atoms with Gasteiger partial charge in [-0.25, -0.2) is 0 Å². The minimum atomic E-state index is -1.78. The monoisotopic (exact) mass is 375 g/mol. The van der Waals surface area contributed by atoms with E-state index in [1.165, 1.54) is 0 Å². The van der Waals surface area contributed by atoms with E-state index >= 15 is 0 Å². The van der Waals surface area contributed by atoms with Crippen molar-refractivity contribution in [2.75, 3.05) is 6.61 Å². The van der Waals surface area contributed by atoms with Crippen LogP contribution in [0.5, 0.6) is 0 Å². The topological polar surface area (TPSA) is 122 Å². The molecule has 2 aromatic carbocycles. The lowest BCUT2D eigenvalue weighted by molar-refractivity contribution is -0.567. The van der Waals surface area contributed by atoms with Crippen molar-refractivity contribution >= 4 is 0 Å². The first-order chi connectivity index (χ1) is 13.0. The summed E-state index contributed by atoms with van der Waals surface area (Å²) in [6.07, 6.45) is -6.66. The third kappa shape index (κ3) is 4.15. The van der Waals surface area contributed by atoms with E-state index in [0.29, 0.717) is 0 Å². The van der Waals surface area contributed by atoms with E-state index in [4.69, 9.17) is 9.47 Å². The Morgan fingerprint density at radius 1 is 1.04 bits per heavy atom. The number of nitro groups is 1. The van der Waals surface area contributed by atoms with Crippen LogP contribution in [0.3, 0.4) is 0 Å². The lowest BCUT2D eigenvalue weighted by atomic mass is 9.95. The maximum absolute atomic E-state index is 11.6. The van der Waals surface area contributed by atoms with Gasteiger partial charge in [-0.2, -0.15) is 0 Å². The van der Waals surface area contributed by atoms with Crippen LogP contribution >= 0.6 is 0 Å². The van der Waals surface area contributed by atoms with E-state index in [2.05, 4.69) is 0 Å². The number of ether oxygens (including phenoxy) is 2. The van der Waals surface area contributed by atoms with Gasteiger partial charge in [0, 0.05) is 4.92 Å². The molecule has 8 nitrogen and oxygen atoms in total. The lowest BCUT2D eigenvalue weighted by Crippen LogP contribution is -2.62. The summed E-state index contributed by atoms with van der Waals surface area (Å²) in [6.45, 7) is -0.602. The molecule has 1 heterocycles. The van der Waals surface area contributed by atoms with Gasteiger partial charge >= 0.3 is 0 Å². The number of benzene rings is 2. The van der Waals surface area contributed by atoms with E-state index < -0.39 is 48.3 Å². The average molecular weight is 375 g/mol. The van der Waals surface area contributed by atoms with Crippen LogP contribution < -0.4 is 0 Å². The number of hydrogen-bond acceptors (Lipinski definition) is 7. The smallest absolute Gasteiger partial charge is 0.271 e. The maximum atomic E-state index is 11.6. The molecule has 5 atom stereocenters. The summed E-state index contributed by atoms with van der Waals surface area (Å²) in [5.74, 6) is 0. The molecule has 1 saturated heterocycles. The lowest BCUT2D eigenvalue weighted by Gasteiger charge is -2.39. The second kappa shape index (κ2) is 8.55. The van der Waals surface area contributed by atoms with Gasteiger partial charge in [-0.1, -0.05) is 60.7 Å². The maximum Gasteiger partial charge on any atom is 0.271 e. The molecule has 0 aromatic heterocycles. The van der Waals surface area contributed by atoms with Gasteiger partial charge in [0.2, 0.25) is 0 Å². The molecule has 144 valence electrons. The molecule has 0 aliphatic carbocycles. The van der Waals surface area contributed by atoms with Gasteiger partial charge in [0.05, 0.1) is 6.61 Å². The second-order valence-corrected chi connectivity index (χ2v) is 6.32. The Morgan fingerprint density at radius 3 is 2.00 bits per heavy atom. The van der Waals surface area contributed by atoms with Gasteiger partial charge in [0.15, 0.2) is 18.5 Å². The molecule has 1 fully saturated rings. The zero-order chi connectivity index (χ0) is 19.4. The van der Waals surface area contributed by atoms with Gasteiger partial charge < -0.3 is 24.8 Å². The van der Waals surface area contributed by atoms with Gasteiger partial charge in [0.1, 0.15) is 12.2 Å². The first-order valence-corrected chi connectivity index (χ1v) is 8.54. The molecule has 2 aromatic rings. The molecule has 3 unspecified atom stereocenters. The van der Waals surface area contributed by atoms with Gasteiger partial charge in [-0.3, -0.25) is 10.1 Å². The van der Waals surface area contributed by atoms with Crippen molar-refractivity contribution in [2.24, 2.45) is 0 Å². The second-order valence-electron chi connectivity index (χ2n) is 6.32. The summed E-state index contributed by atoms with van der Waals surface area (Å²) >= 11 is 0. The van der Waals surface area contributed by atoms with Crippen LogP contribution in [-0.2, 0) is 9.47 Å². The molecule has 8 heteroatoms. The van der Waals surface area contributed by atoms with Crippen molar-refractivity contribution in [1.82, 2.24) is 0 Å². The van der Waals surface area contributed by atoms with Crippen molar-refractivity contribution in [1.29, 1.82) is 0 Å². The summed E-state index contributed by atoms with van der Waals surface area (Å²) in [6, 6.07) is 16.6. The fourth-order valence-corrected chi connectivity index (χ4v) is 3.24. The summed E-state index contributed by atoms with van der Waals surface area (Å²) in [5.41, 5.74) is 1.51. The number of nitrogens with zero attached hydrogens (tertiary/aromatic N) is 1. The SMILES string of the molecule is O=[N+]([O-])C1C(O)[C@@H](O)OC(CO)[C@@H]1OC(c1ccccc1)c1ccccc1. The van der Waals surface area contributed by atoms with Crippen molar-refractivity contribution < 1.29 is 29.7 Å². The highest BCUT2D eigenvalue weighted by atomic mass is 16.7. The van der Waals surface area contributed by atoms with Crippen LogP contribution in [0.1, 0.15) is 17.2 Å². The number of aliphatic hydroxyl groups excluding tert-OH is 3. The Hall–Kier alpha value is -2.36. The largest absolute Gasteiger partial charge is 0.394 e. The fraction of sp³-hybridized carbons (Fsp3) is 0.368. The highest BCUT2D eigenvalue weighted by Gasteiger charge is 2.53. The van der Waals surface area contributed by atoms with Crippen molar-refractivity contribution in [2.45, 2.75) is 36.7 Å². The zero-order valence-corrected chi connectivity index (χ0v) is 14.4. The van der Waals surface area contributed by atoms with Crippen LogP contribution in [0.2, 0.25) is 0 Å². The normalized spacial score (nSPS) is 28.2. The molecular formula is C19H21NO7. The summed E-state index contributed by atoms with van der Waals surface area (Å²) in [4.78, 5) is 10.8. The predicted molar refractivity (Wildman–Crippen MR) is 94.4 cm³/mol. The minimum Gasteiger partial charge on any atom is -0.394 e. The predicted octanol–water partition coefficient (Wildman–Crippen LogP) is 0.877. The average Bonchev–Trinajstić information content (AvgIpc) is 2.69. The van der Waals surface area contributed by atoms with Crippen molar-refractivity contribution in [3.63, 3.8) is 0 Å². The molecule has 27 heavy (non-hydrogen) atoms. The number of rotatable bonds is 6. The van der Waals surface area contributed by atoms with E-state index in [-0.39, 0.29) is 0 Å². The Bertz CT molecular complexity index is 703. The molecule has 0 saturated carbocycles.